The number of benzene rings is 1. The molecule has 1 unspecified atom stereocenters. The van der Waals surface area contributed by atoms with Gasteiger partial charge in [0.25, 0.3) is 0 Å². The maximum Gasteiger partial charge on any atom is 0.222 e. The molecule has 0 bridgehead atoms. The van der Waals surface area contributed by atoms with Crippen molar-refractivity contribution in [3.8, 4) is 0 Å². The minimum atomic E-state index is 0. The van der Waals surface area contributed by atoms with Gasteiger partial charge in [-0.15, -0.1) is 12.4 Å². The van der Waals surface area contributed by atoms with Gasteiger partial charge in [0.05, 0.1) is 0 Å². The van der Waals surface area contributed by atoms with Crippen LogP contribution in [0.5, 0.6) is 0 Å². The summed E-state index contributed by atoms with van der Waals surface area (Å²) in [5.74, 6) is 0.895. The molecule has 0 spiro atoms. The van der Waals surface area contributed by atoms with Gasteiger partial charge in [0.15, 0.2) is 0 Å². The Hall–Kier alpha value is -1.06. The van der Waals surface area contributed by atoms with Gasteiger partial charge in [-0.2, -0.15) is 0 Å². The van der Waals surface area contributed by atoms with E-state index in [1.54, 1.807) is 0 Å². The van der Waals surface area contributed by atoms with Crippen LogP contribution < -0.4 is 5.73 Å². The van der Waals surface area contributed by atoms with E-state index >= 15 is 0 Å². The van der Waals surface area contributed by atoms with Gasteiger partial charge in [0, 0.05) is 25.6 Å². The molecule has 3 nitrogen and oxygen atoms in total. The number of hydrogen-bond donors (Lipinski definition) is 1. The van der Waals surface area contributed by atoms with Crippen molar-refractivity contribution in [1.82, 2.24) is 4.90 Å². The summed E-state index contributed by atoms with van der Waals surface area (Å²) in [4.78, 5) is 14.2. The first-order chi connectivity index (χ1) is 10.1. The highest BCUT2D eigenvalue weighted by molar-refractivity contribution is 5.85. The number of rotatable bonds is 5. The van der Waals surface area contributed by atoms with E-state index < -0.39 is 0 Å². The van der Waals surface area contributed by atoms with Crippen LogP contribution in [0.4, 0.5) is 0 Å². The second-order valence-electron chi connectivity index (χ2n) is 6.42. The molecular weight excluding hydrogens is 296 g/mol. The van der Waals surface area contributed by atoms with Crippen molar-refractivity contribution >= 4 is 18.3 Å². The first-order valence-electron chi connectivity index (χ1n) is 8.15. The average molecular weight is 325 g/mol. The van der Waals surface area contributed by atoms with E-state index in [2.05, 4.69) is 38.1 Å². The number of hydrogen-bond acceptors (Lipinski definition) is 2. The van der Waals surface area contributed by atoms with E-state index in [0.29, 0.717) is 18.2 Å². The summed E-state index contributed by atoms with van der Waals surface area (Å²) in [6, 6.07) is 8.84. The quantitative estimate of drug-likeness (QED) is 0.903. The Labute approximate surface area is 140 Å². The van der Waals surface area contributed by atoms with E-state index in [0.717, 1.165) is 38.8 Å². The summed E-state index contributed by atoms with van der Waals surface area (Å²) in [7, 11) is 0. The minimum Gasteiger partial charge on any atom is -0.343 e. The number of piperidine rings is 1. The number of nitrogens with two attached hydrogens (primary N) is 1. The molecule has 124 valence electrons. The van der Waals surface area contributed by atoms with Crippen molar-refractivity contribution in [2.24, 2.45) is 11.7 Å². The molecule has 1 fully saturated rings. The Balaban J connectivity index is 0.00000242. The molecule has 0 aliphatic carbocycles. The molecule has 1 aliphatic heterocycles. The van der Waals surface area contributed by atoms with Gasteiger partial charge in [-0.25, -0.2) is 0 Å². The van der Waals surface area contributed by atoms with E-state index in [9.17, 15) is 4.79 Å². The van der Waals surface area contributed by atoms with Crippen LogP contribution in [0.15, 0.2) is 24.3 Å². The van der Waals surface area contributed by atoms with Gasteiger partial charge < -0.3 is 10.6 Å². The Morgan fingerprint density at radius 1 is 1.27 bits per heavy atom. The maximum atomic E-state index is 12.2. The average Bonchev–Trinajstić information content (AvgIpc) is 2.49. The molecule has 1 aromatic carbocycles. The van der Waals surface area contributed by atoms with E-state index in [1.807, 2.05) is 4.90 Å². The van der Waals surface area contributed by atoms with Gasteiger partial charge in [-0.3, -0.25) is 4.79 Å². The smallest absolute Gasteiger partial charge is 0.222 e. The standard InChI is InChI=1S/C18H28N2O.ClH/c1-14-6-8-16(9-7-14)4-3-5-18(21)20-12-10-17(11-13-20)15(2)19;/h6-9,15,17H,3-5,10-13,19H2,1-2H3;1H. The third-order valence-electron chi connectivity index (χ3n) is 4.61. The van der Waals surface area contributed by atoms with Crippen molar-refractivity contribution < 1.29 is 4.79 Å². The zero-order valence-corrected chi connectivity index (χ0v) is 14.6. The molecule has 22 heavy (non-hydrogen) atoms. The van der Waals surface area contributed by atoms with Crippen LogP contribution in [0.2, 0.25) is 0 Å². The predicted octanol–water partition coefficient (Wildman–Crippen LogP) is 3.33. The molecule has 2 N–H and O–H groups in total. The zero-order chi connectivity index (χ0) is 15.2. The molecule has 1 aromatic rings. The first-order valence-corrected chi connectivity index (χ1v) is 8.15. The predicted molar refractivity (Wildman–Crippen MR) is 94.3 cm³/mol. The summed E-state index contributed by atoms with van der Waals surface area (Å²) < 4.78 is 0. The van der Waals surface area contributed by atoms with E-state index in [4.69, 9.17) is 5.73 Å². The third kappa shape index (κ3) is 5.62. The highest BCUT2D eigenvalue weighted by Crippen LogP contribution is 2.20. The molecule has 0 radical (unpaired) electrons. The fourth-order valence-electron chi connectivity index (χ4n) is 3.03. The number of amides is 1. The van der Waals surface area contributed by atoms with Crippen LogP contribution in [0.25, 0.3) is 0 Å². The molecule has 1 amide bonds. The van der Waals surface area contributed by atoms with Crippen LogP contribution >= 0.6 is 12.4 Å². The second kappa shape index (κ2) is 9.16. The lowest BCUT2D eigenvalue weighted by molar-refractivity contribution is -0.132. The Morgan fingerprint density at radius 2 is 1.86 bits per heavy atom. The summed E-state index contributed by atoms with van der Waals surface area (Å²) in [5.41, 5.74) is 8.55. The molecule has 1 saturated heterocycles. The Kier molecular flexibility index (Phi) is 7.91. The molecule has 0 saturated carbocycles. The molecule has 4 heteroatoms. The summed E-state index contributed by atoms with van der Waals surface area (Å²) in [6.45, 7) is 5.94. The highest BCUT2D eigenvalue weighted by Gasteiger charge is 2.24. The Bertz CT molecular complexity index is 451. The van der Waals surface area contributed by atoms with E-state index in [1.165, 1.54) is 11.1 Å². The van der Waals surface area contributed by atoms with Crippen LogP contribution in [-0.2, 0) is 11.2 Å². The monoisotopic (exact) mass is 324 g/mol. The molecule has 1 aliphatic rings. The largest absolute Gasteiger partial charge is 0.343 e. The van der Waals surface area contributed by atoms with Crippen molar-refractivity contribution in [1.29, 1.82) is 0 Å². The van der Waals surface area contributed by atoms with Crippen molar-refractivity contribution in [2.45, 2.75) is 52.0 Å². The SMILES string of the molecule is Cc1ccc(CCCC(=O)N2CCC(C(C)N)CC2)cc1.Cl. The van der Waals surface area contributed by atoms with Crippen LogP contribution in [0.3, 0.4) is 0 Å². The highest BCUT2D eigenvalue weighted by atomic mass is 35.5. The van der Waals surface area contributed by atoms with Crippen LogP contribution in [0.1, 0.15) is 43.7 Å². The number of carbonyl (C=O) groups is 1. The number of carbonyl (C=O) groups excluding carboxylic acids is 1. The lowest BCUT2D eigenvalue weighted by Gasteiger charge is -2.33. The maximum absolute atomic E-state index is 12.2. The van der Waals surface area contributed by atoms with Crippen molar-refractivity contribution in [3.05, 3.63) is 35.4 Å². The molecule has 1 atom stereocenters. The molecule has 1 heterocycles. The fourth-order valence-corrected chi connectivity index (χ4v) is 3.03. The number of nitrogens with zero attached hydrogens (tertiary/aromatic N) is 1. The fraction of sp³-hybridized carbons (Fsp3) is 0.611. The van der Waals surface area contributed by atoms with Gasteiger partial charge >= 0.3 is 0 Å². The summed E-state index contributed by atoms with van der Waals surface area (Å²) >= 11 is 0. The lowest BCUT2D eigenvalue weighted by atomic mass is 9.91. The van der Waals surface area contributed by atoms with Gasteiger partial charge in [-0.1, -0.05) is 29.8 Å². The zero-order valence-electron chi connectivity index (χ0n) is 13.8. The summed E-state index contributed by atoms with van der Waals surface area (Å²) in [5, 5.41) is 0. The second-order valence-corrected chi connectivity index (χ2v) is 6.42. The topological polar surface area (TPSA) is 46.3 Å². The Morgan fingerprint density at radius 3 is 2.41 bits per heavy atom. The van der Waals surface area contributed by atoms with Gasteiger partial charge in [0.2, 0.25) is 5.91 Å². The van der Waals surface area contributed by atoms with Crippen LogP contribution in [-0.4, -0.2) is 29.9 Å². The van der Waals surface area contributed by atoms with Crippen molar-refractivity contribution in [2.75, 3.05) is 13.1 Å². The molecular formula is C18H29ClN2O. The van der Waals surface area contributed by atoms with Gasteiger partial charge in [0.1, 0.15) is 0 Å². The molecule has 0 aromatic heterocycles. The van der Waals surface area contributed by atoms with E-state index in [-0.39, 0.29) is 18.4 Å². The van der Waals surface area contributed by atoms with Crippen molar-refractivity contribution in [3.63, 3.8) is 0 Å². The lowest BCUT2D eigenvalue weighted by Crippen LogP contribution is -2.42. The van der Waals surface area contributed by atoms with Gasteiger partial charge in [-0.05, 0) is 51.0 Å². The first kappa shape index (κ1) is 19.0. The normalized spacial score (nSPS) is 17.0. The molecule has 2 rings (SSSR count). The number of likely N-dealkylation sites (tertiary alicyclic amines) is 1. The number of aryl methyl sites for hydroxylation is 2. The van der Waals surface area contributed by atoms with Crippen LogP contribution in [0, 0.1) is 12.8 Å². The minimum absolute atomic E-state index is 0. The number of halogens is 1. The third-order valence-corrected chi connectivity index (χ3v) is 4.61. The summed E-state index contributed by atoms with van der Waals surface area (Å²) in [6.07, 6.45) is 4.71.